The van der Waals surface area contributed by atoms with E-state index >= 15 is 0 Å². The van der Waals surface area contributed by atoms with Crippen molar-refractivity contribution in [3.63, 3.8) is 0 Å². The van der Waals surface area contributed by atoms with E-state index in [1.54, 1.807) is 0 Å². The highest BCUT2D eigenvalue weighted by Gasteiger charge is 2.10. The molecular formula is C13H16N2. The molecule has 78 valence electrons. The lowest BCUT2D eigenvalue weighted by Crippen LogP contribution is -2.24. The summed E-state index contributed by atoms with van der Waals surface area (Å²) in [6, 6.07) is 6.40. The predicted octanol–water partition coefficient (Wildman–Crippen LogP) is 0.903. The Bertz CT molecular complexity index is 399. The van der Waals surface area contributed by atoms with Gasteiger partial charge in [0.2, 0.25) is 0 Å². The molecule has 0 spiro atoms. The number of benzene rings is 1. The molecule has 1 aliphatic heterocycles. The predicted molar refractivity (Wildman–Crippen MR) is 62.7 cm³/mol. The summed E-state index contributed by atoms with van der Waals surface area (Å²) in [6.45, 7) is 2.80. The van der Waals surface area contributed by atoms with E-state index < -0.39 is 0 Å². The summed E-state index contributed by atoms with van der Waals surface area (Å²) in [5.41, 5.74) is 4.03. The van der Waals surface area contributed by atoms with Gasteiger partial charge < -0.3 is 10.6 Å². The Morgan fingerprint density at radius 2 is 2.40 bits per heavy atom. The Labute approximate surface area is 91.1 Å². The molecule has 0 fully saturated rings. The lowest BCUT2D eigenvalue weighted by atomic mass is 9.96. The van der Waals surface area contributed by atoms with Crippen LogP contribution >= 0.6 is 0 Å². The minimum atomic E-state index is 0.752. The van der Waals surface area contributed by atoms with Gasteiger partial charge in [-0.25, -0.2) is 0 Å². The van der Waals surface area contributed by atoms with Gasteiger partial charge in [0.15, 0.2) is 0 Å². The van der Waals surface area contributed by atoms with E-state index in [1.807, 2.05) is 7.05 Å². The standard InChI is InChI=1S/C13H16N2/c1-14-8-3-6-11-4-2-5-12-10-15-9-7-13(11)12/h2,4-5,14-15H,7-10H2,1H3. The van der Waals surface area contributed by atoms with E-state index in [-0.39, 0.29) is 0 Å². The monoisotopic (exact) mass is 200 g/mol. The van der Waals surface area contributed by atoms with Gasteiger partial charge in [-0.1, -0.05) is 24.0 Å². The van der Waals surface area contributed by atoms with Crippen LogP contribution in [0.1, 0.15) is 16.7 Å². The van der Waals surface area contributed by atoms with Crippen LogP contribution in [0.15, 0.2) is 18.2 Å². The smallest absolute Gasteiger partial charge is 0.0577 e. The van der Waals surface area contributed by atoms with Gasteiger partial charge in [0, 0.05) is 12.1 Å². The van der Waals surface area contributed by atoms with Crippen molar-refractivity contribution >= 4 is 0 Å². The Kier molecular flexibility index (Phi) is 3.39. The number of nitrogens with one attached hydrogen (secondary N) is 2. The van der Waals surface area contributed by atoms with E-state index in [0.717, 1.165) is 26.1 Å². The Morgan fingerprint density at radius 1 is 1.47 bits per heavy atom. The second-order valence-corrected chi connectivity index (χ2v) is 3.70. The van der Waals surface area contributed by atoms with Gasteiger partial charge >= 0.3 is 0 Å². The summed E-state index contributed by atoms with van der Waals surface area (Å²) in [7, 11) is 1.92. The lowest BCUT2D eigenvalue weighted by Gasteiger charge is -2.18. The van der Waals surface area contributed by atoms with Gasteiger partial charge in [0.05, 0.1) is 6.54 Å². The minimum Gasteiger partial charge on any atom is -0.312 e. The quantitative estimate of drug-likeness (QED) is 0.658. The normalized spacial score (nSPS) is 13.9. The zero-order chi connectivity index (χ0) is 10.5. The van der Waals surface area contributed by atoms with Crippen molar-refractivity contribution in [3.05, 3.63) is 34.9 Å². The molecule has 2 N–H and O–H groups in total. The largest absolute Gasteiger partial charge is 0.312 e. The molecule has 0 bridgehead atoms. The first-order chi connectivity index (χ1) is 7.42. The third kappa shape index (κ3) is 2.38. The topological polar surface area (TPSA) is 24.1 Å². The van der Waals surface area contributed by atoms with Crippen LogP contribution in [0.2, 0.25) is 0 Å². The molecule has 1 heterocycles. The summed E-state index contributed by atoms with van der Waals surface area (Å²) in [5.74, 6) is 6.35. The van der Waals surface area contributed by atoms with E-state index in [0.29, 0.717) is 0 Å². The zero-order valence-corrected chi connectivity index (χ0v) is 9.06. The van der Waals surface area contributed by atoms with Gasteiger partial charge in [0.1, 0.15) is 0 Å². The van der Waals surface area contributed by atoms with Gasteiger partial charge in [-0.05, 0) is 37.2 Å². The molecule has 0 aliphatic carbocycles. The SMILES string of the molecule is CNCC#Cc1cccc2c1CCNC2. The number of hydrogen-bond donors (Lipinski definition) is 2. The van der Waals surface area contributed by atoms with E-state index in [2.05, 4.69) is 40.7 Å². The second-order valence-electron chi connectivity index (χ2n) is 3.70. The summed E-state index contributed by atoms with van der Waals surface area (Å²) >= 11 is 0. The molecule has 1 aliphatic rings. The second kappa shape index (κ2) is 4.97. The van der Waals surface area contributed by atoms with Crippen LogP contribution in [-0.2, 0) is 13.0 Å². The maximum absolute atomic E-state index is 3.37. The lowest BCUT2D eigenvalue weighted by molar-refractivity contribution is 0.643. The van der Waals surface area contributed by atoms with Crippen molar-refractivity contribution in [1.29, 1.82) is 0 Å². The van der Waals surface area contributed by atoms with E-state index in [9.17, 15) is 0 Å². The van der Waals surface area contributed by atoms with Crippen molar-refractivity contribution in [3.8, 4) is 11.8 Å². The summed E-state index contributed by atoms with van der Waals surface area (Å²) in [5, 5.41) is 6.41. The number of hydrogen-bond acceptors (Lipinski definition) is 2. The molecule has 15 heavy (non-hydrogen) atoms. The molecule has 1 aromatic rings. The molecule has 2 rings (SSSR count). The molecule has 0 radical (unpaired) electrons. The molecule has 0 amide bonds. The van der Waals surface area contributed by atoms with Crippen molar-refractivity contribution in [2.45, 2.75) is 13.0 Å². The van der Waals surface area contributed by atoms with E-state index in [1.165, 1.54) is 16.7 Å². The highest BCUT2D eigenvalue weighted by Crippen LogP contribution is 2.17. The van der Waals surface area contributed by atoms with E-state index in [4.69, 9.17) is 0 Å². The number of rotatable bonds is 1. The van der Waals surface area contributed by atoms with Crippen LogP contribution in [0, 0.1) is 11.8 Å². The fourth-order valence-electron chi connectivity index (χ4n) is 1.88. The van der Waals surface area contributed by atoms with Crippen LogP contribution in [0.3, 0.4) is 0 Å². The van der Waals surface area contributed by atoms with Gasteiger partial charge in [-0.3, -0.25) is 0 Å². The van der Waals surface area contributed by atoms with Crippen molar-refractivity contribution in [1.82, 2.24) is 10.6 Å². The molecule has 2 nitrogen and oxygen atoms in total. The van der Waals surface area contributed by atoms with Gasteiger partial charge in [-0.15, -0.1) is 0 Å². The molecular weight excluding hydrogens is 184 g/mol. The highest BCUT2D eigenvalue weighted by atomic mass is 14.9. The van der Waals surface area contributed by atoms with Crippen molar-refractivity contribution < 1.29 is 0 Å². The molecule has 0 saturated carbocycles. The van der Waals surface area contributed by atoms with Gasteiger partial charge in [-0.2, -0.15) is 0 Å². The fraction of sp³-hybridized carbons (Fsp3) is 0.385. The van der Waals surface area contributed by atoms with Crippen LogP contribution in [0.25, 0.3) is 0 Å². The van der Waals surface area contributed by atoms with Crippen LogP contribution < -0.4 is 10.6 Å². The third-order valence-electron chi connectivity index (χ3n) is 2.63. The van der Waals surface area contributed by atoms with Crippen LogP contribution in [0.5, 0.6) is 0 Å². The van der Waals surface area contributed by atoms with Gasteiger partial charge in [0.25, 0.3) is 0 Å². The summed E-state index contributed by atoms with van der Waals surface area (Å²) < 4.78 is 0. The van der Waals surface area contributed by atoms with Crippen LogP contribution in [0.4, 0.5) is 0 Å². The zero-order valence-electron chi connectivity index (χ0n) is 9.06. The van der Waals surface area contributed by atoms with Crippen molar-refractivity contribution in [2.75, 3.05) is 20.1 Å². The average molecular weight is 200 g/mol. The Hall–Kier alpha value is -1.30. The minimum absolute atomic E-state index is 0.752. The maximum Gasteiger partial charge on any atom is 0.0577 e. The Balaban J connectivity index is 2.28. The first-order valence-corrected chi connectivity index (χ1v) is 5.37. The molecule has 0 unspecified atom stereocenters. The Morgan fingerprint density at radius 3 is 3.27 bits per heavy atom. The average Bonchev–Trinajstić information content (AvgIpc) is 2.30. The maximum atomic E-state index is 3.37. The fourth-order valence-corrected chi connectivity index (χ4v) is 1.88. The first-order valence-electron chi connectivity index (χ1n) is 5.37. The van der Waals surface area contributed by atoms with Crippen molar-refractivity contribution in [2.24, 2.45) is 0 Å². The first kappa shape index (κ1) is 10.2. The third-order valence-corrected chi connectivity index (χ3v) is 2.63. The molecule has 2 heteroatoms. The highest BCUT2D eigenvalue weighted by molar-refractivity contribution is 5.46. The molecule has 1 aromatic carbocycles. The summed E-state index contributed by atoms with van der Waals surface area (Å²) in [4.78, 5) is 0. The molecule has 0 saturated heterocycles. The molecule has 0 aromatic heterocycles. The molecule has 0 atom stereocenters. The van der Waals surface area contributed by atoms with Crippen LogP contribution in [-0.4, -0.2) is 20.1 Å². The summed E-state index contributed by atoms with van der Waals surface area (Å²) in [6.07, 6.45) is 1.10. The number of fused-ring (bicyclic) bond motifs is 1.